The van der Waals surface area contributed by atoms with E-state index in [4.69, 9.17) is 5.73 Å². The second-order valence-corrected chi connectivity index (χ2v) is 8.86. The van der Waals surface area contributed by atoms with Gasteiger partial charge in [-0.3, -0.25) is 14.7 Å². The van der Waals surface area contributed by atoms with Crippen molar-refractivity contribution in [3.8, 4) is 5.75 Å². The van der Waals surface area contributed by atoms with Crippen LogP contribution < -0.4 is 16.4 Å². The fourth-order valence-corrected chi connectivity index (χ4v) is 4.22. The third kappa shape index (κ3) is 5.79. The third-order valence-electron chi connectivity index (χ3n) is 6.12. The Bertz CT molecular complexity index is 1420. The van der Waals surface area contributed by atoms with Crippen LogP contribution in [0.1, 0.15) is 54.2 Å². The number of carbonyl (C=O) groups excluding carboxylic acids is 2. The van der Waals surface area contributed by atoms with Gasteiger partial charge in [0, 0.05) is 24.2 Å². The number of rotatable bonds is 9. The number of phenolic OH excluding ortho intramolecular Hbond substituents is 1. The number of aliphatic hydroxyl groups is 1. The molecule has 7 N–H and O–H groups in total. The van der Waals surface area contributed by atoms with Crippen molar-refractivity contribution in [3.05, 3.63) is 105 Å². The Morgan fingerprint density at radius 2 is 1.68 bits per heavy atom. The molecule has 9 heteroatoms. The Labute approximate surface area is 214 Å². The van der Waals surface area contributed by atoms with E-state index in [1.165, 1.54) is 0 Å². The Hall–Kier alpha value is -4.63. The molecular weight excluding hydrogens is 470 g/mol. The number of aliphatic hydroxyl groups excluding tert-OH is 1. The number of anilines is 2. The Balaban J connectivity index is 1.45. The van der Waals surface area contributed by atoms with Gasteiger partial charge in [0.15, 0.2) is 5.82 Å². The second-order valence-electron chi connectivity index (χ2n) is 8.86. The number of aromatic amines is 1. The van der Waals surface area contributed by atoms with E-state index < -0.39 is 5.91 Å². The molecule has 4 aromatic rings. The SMILES string of the molecule is Cc1cc(CNc2n[nH]c(Cc3ccc(NC(=O)c4ccccc4CO)cc3)c2C(N)=O)cc(C)c1O. The number of amides is 2. The van der Waals surface area contributed by atoms with E-state index in [0.717, 1.165) is 22.3 Å². The fraction of sp³-hybridized carbons (Fsp3) is 0.179. The van der Waals surface area contributed by atoms with E-state index in [2.05, 4.69) is 20.8 Å². The molecule has 0 spiro atoms. The molecule has 0 bridgehead atoms. The molecule has 0 aliphatic rings. The minimum Gasteiger partial charge on any atom is -0.507 e. The number of aromatic nitrogens is 2. The lowest BCUT2D eigenvalue weighted by Crippen LogP contribution is -2.16. The summed E-state index contributed by atoms with van der Waals surface area (Å²) in [4.78, 5) is 24.8. The van der Waals surface area contributed by atoms with Gasteiger partial charge >= 0.3 is 0 Å². The van der Waals surface area contributed by atoms with Crippen molar-refractivity contribution in [2.24, 2.45) is 5.73 Å². The maximum absolute atomic E-state index is 12.6. The highest BCUT2D eigenvalue weighted by Gasteiger charge is 2.19. The summed E-state index contributed by atoms with van der Waals surface area (Å²) in [6.07, 6.45) is 0.381. The number of benzene rings is 3. The molecule has 0 saturated heterocycles. The van der Waals surface area contributed by atoms with Crippen LogP contribution in [0.5, 0.6) is 5.75 Å². The molecule has 4 rings (SSSR count). The maximum atomic E-state index is 12.6. The van der Waals surface area contributed by atoms with Crippen LogP contribution in [0.4, 0.5) is 11.5 Å². The van der Waals surface area contributed by atoms with Gasteiger partial charge in [0.25, 0.3) is 11.8 Å². The van der Waals surface area contributed by atoms with Crippen molar-refractivity contribution in [3.63, 3.8) is 0 Å². The van der Waals surface area contributed by atoms with E-state index in [9.17, 15) is 19.8 Å². The van der Waals surface area contributed by atoms with Crippen molar-refractivity contribution in [1.29, 1.82) is 0 Å². The summed E-state index contributed by atoms with van der Waals surface area (Å²) < 4.78 is 0. The van der Waals surface area contributed by atoms with Gasteiger partial charge < -0.3 is 26.6 Å². The number of nitrogens with two attached hydrogens (primary N) is 1. The molecule has 0 radical (unpaired) electrons. The van der Waals surface area contributed by atoms with Gasteiger partial charge in [-0.15, -0.1) is 0 Å². The fourth-order valence-electron chi connectivity index (χ4n) is 4.22. The number of carbonyl (C=O) groups is 2. The Kier molecular flexibility index (Phi) is 7.55. The molecule has 190 valence electrons. The average molecular weight is 500 g/mol. The van der Waals surface area contributed by atoms with Crippen molar-refractivity contribution in [1.82, 2.24) is 10.2 Å². The molecule has 0 unspecified atom stereocenters. The highest BCUT2D eigenvalue weighted by Crippen LogP contribution is 2.25. The largest absolute Gasteiger partial charge is 0.507 e. The number of primary amides is 1. The summed E-state index contributed by atoms with van der Waals surface area (Å²) in [5, 5.41) is 32.6. The zero-order chi connectivity index (χ0) is 26.5. The molecule has 9 nitrogen and oxygen atoms in total. The standard InChI is InChI=1S/C28H29N5O4/c1-16-11-19(12-17(2)25(16)35)14-30-27-24(26(29)36)23(32-33-27)13-18-7-9-21(10-8-18)31-28(37)22-6-4-3-5-20(22)15-34/h3-12,34-35H,13-15H2,1-2H3,(H2,29,36)(H,31,37)(H2,30,32,33). The predicted molar refractivity (Wildman–Crippen MR) is 142 cm³/mol. The molecule has 3 aromatic carbocycles. The van der Waals surface area contributed by atoms with E-state index in [1.807, 2.05) is 38.1 Å². The molecule has 0 atom stereocenters. The lowest BCUT2D eigenvalue weighted by Gasteiger charge is -2.10. The van der Waals surface area contributed by atoms with Gasteiger partial charge in [-0.25, -0.2) is 0 Å². The van der Waals surface area contributed by atoms with E-state index >= 15 is 0 Å². The number of aryl methyl sites for hydroxylation is 2. The van der Waals surface area contributed by atoms with Crippen LogP contribution in [0.3, 0.4) is 0 Å². The van der Waals surface area contributed by atoms with Gasteiger partial charge in [0.1, 0.15) is 11.3 Å². The van der Waals surface area contributed by atoms with Crippen LogP contribution in [0, 0.1) is 13.8 Å². The van der Waals surface area contributed by atoms with Crippen LogP contribution in [0.25, 0.3) is 0 Å². The number of hydrogen-bond acceptors (Lipinski definition) is 6. The van der Waals surface area contributed by atoms with E-state index in [-0.39, 0.29) is 23.8 Å². The average Bonchev–Trinajstić information content (AvgIpc) is 3.29. The smallest absolute Gasteiger partial charge is 0.256 e. The highest BCUT2D eigenvalue weighted by atomic mass is 16.3. The predicted octanol–water partition coefficient (Wildman–Crippen LogP) is 3.78. The van der Waals surface area contributed by atoms with Gasteiger partial charge in [0.2, 0.25) is 0 Å². The molecule has 0 aliphatic heterocycles. The van der Waals surface area contributed by atoms with Crippen molar-refractivity contribution in [2.45, 2.75) is 33.4 Å². The Morgan fingerprint density at radius 3 is 2.32 bits per heavy atom. The summed E-state index contributed by atoms with van der Waals surface area (Å²) in [5.74, 6) is -0.283. The molecule has 0 saturated carbocycles. The van der Waals surface area contributed by atoms with Gasteiger partial charge in [-0.2, -0.15) is 5.10 Å². The van der Waals surface area contributed by atoms with E-state index in [0.29, 0.717) is 41.3 Å². The molecule has 2 amide bonds. The number of nitrogens with one attached hydrogen (secondary N) is 3. The monoisotopic (exact) mass is 499 g/mol. The number of hydrogen-bond donors (Lipinski definition) is 6. The number of nitrogens with zero attached hydrogens (tertiary/aromatic N) is 1. The molecule has 0 aliphatic carbocycles. The highest BCUT2D eigenvalue weighted by molar-refractivity contribution is 6.05. The van der Waals surface area contributed by atoms with Crippen LogP contribution in [0.15, 0.2) is 60.7 Å². The van der Waals surface area contributed by atoms with Gasteiger partial charge in [-0.05, 0) is 59.9 Å². The number of aromatic hydroxyl groups is 1. The third-order valence-corrected chi connectivity index (χ3v) is 6.12. The first-order valence-corrected chi connectivity index (χ1v) is 11.8. The summed E-state index contributed by atoms with van der Waals surface area (Å²) in [7, 11) is 0. The van der Waals surface area contributed by atoms with Crippen LogP contribution in [-0.4, -0.2) is 32.2 Å². The summed E-state index contributed by atoms with van der Waals surface area (Å²) >= 11 is 0. The topological polar surface area (TPSA) is 153 Å². The number of phenols is 1. The van der Waals surface area contributed by atoms with Crippen LogP contribution >= 0.6 is 0 Å². The van der Waals surface area contributed by atoms with Crippen molar-refractivity contribution < 1.29 is 19.8 Å². The summed E-state index contributed by atoms with van der Waals surface area (Å²) in [6, 6.07) is 17.8. The van der Waals surface area contributed by atoms with Crippen molar-refractivity contribution in [2.75, 3.05) is 10.6 Å². The quantitative estimate of drug-likeness (QED) is 0.206. The first-order chi connectivity index (χ1) is 17.8. The molecular formula is C28H29N5O4. The zero-order valence-electron chi connectivity index (χ0n) is 20.6. The summed E-state index contributed by atoms with van der Waals surface area (Å²) in [6.45, 7) is 3.84. The molecule has 1 heterocycles. The number of H-pyrrole nitrogens is 1. The molecule has 37 heavy (non-hydrogen) atoms. The maximum Gasteiger partial charge on any atom is 0.256 e. The van der Waals surface area contributed by atoms with Gasteiger partial charge in [-0.1, -0.05) is 42.5 Å². The molecule has 0 fully saturated rings. The van der Waals surface area contributed by atoms with Gasteiger partial charge in [0.05, 0.1) is 12.3 Å². The second kappa shape index (κ2) is 11.0. The Morgan fingerprint density at radius 1 is 1.00 bits per heavy atom. The van der Waals surface area contributed by atoms with Crippen LogP contribution in [-0.2, 0) is 19.6 Å². The summed E-state index contributed by atoms with van der Waals surface area (Å²) in [5.41, 5.74) is 11.5. The first-order valence-electron chi connectivity index (χ1n) is 11.8. The lowest BCUT2D eigenvalue weighted by molar-refractivity contribution is 0.0997. The first kappa shape index (κ1) is 25.5. The minimum absolute atomic E-state index is 0.222. The minimum atomic E-state index is -0.601. The zero-order valence-corrected chi connectivity index (χ0v) is 20.6. The van der Waals surface area contributed by atoms with Crippen LogP contribution in [0.2, 0.25) is 0 Å². The molecule has 1 aromatic heterocycles. The van der Waals surface area contributed by atoms with Crippen molar-refractivity contribution >= 4 is 23.3 Å². The normalized spacial score (nSPS) is 10.8. The van der Waals surface area contributed by atoms with E-state index in [1.54, 1.807) is 36.4 Å². The lowest BCUT2D eigenvalue weighted by atomic mass is 10.0.